The monoisotopic (exact) mass is 504 g/mol. The second-order valence-corrected chi connectivity index (χ2v) is 13.3. The first-order valence-electron chi connectivity index (χ1n) is 14.5. The lowest BCUT2D eigenvalue weighted by molar-refractivity contribution is -0.935. The van der Waals surface area contributed by atoms with E-state index in [9.17, 15) is 15.3 Å². The minimum atomic E-state index is 0.264. The van der Waals surface area contributed by atoms with Gasteiger partial charge in [0, 0.05) is 55.2 Å². The Morgan fingerprint density at radius 3 is 1.00 bits per heavy atom. The topological polar surface area (TPSA) is 60.7 Å². The van der Waals surface area contributed by atoms with Crippen LogP contribution < -0.4 is 0 Å². The fraction of sp³-hybridized carbons (Fsp3) is 0.800. The maximum absolute atomic E-state index is 10.2. The summed E-state index contributed by atoms with van der Waals surface area (Å²) < 4.78 is 2.78. The molecule has 204 valence electrons. The van der Waals surface area contributed by atoms with Crippen molar-refractivity contribution in [2.45, 2.75) is 97.1 Å². The number of aliphatic hydroxyl groups is 3. The summed E-state index contributed by atoms with van der Waals surface area (Å²) in [5.74, 6) is 0. The molecule has 0 spiro atoms. The highest BCUT2D eigenvalue weighted by atomic mass is 16.3. The number of benzene rings is 1. The Morgan fingerprint density at radius 2 is 0.778 bits per heavy atom. The van der Waals surface area contributed by atoms with Gasteiger partial charge in [-0.05, 0) is 37.5 Å². The van der Waals surface area contributed by atoms with Crippen LogP contribution in [-0.4, -0.2) is 107 Å². The summed E-state index contributed by atoms with van der Waals surface area (Å²) in [6.07, 6.45) is 6.88. The fourth-order valence-corrected chi connectivity index (χ4v) is 8.22. The molecule has 3 N–H and O–H groups in total. The summed E-state index contributed by atoms with van der Waals surface area (Å²) in [5.41, 5.74) is 8.73. The molecule has 0 bridgehead atoms. The summed E-state index contributed by atoms with van der Waals surface area (Å²) in [5, 5.41) is 30.5. The van der Waals surface area contributed by atoms with Crippen LogP contribution in [0.5, 0.6) is 0 Å². The molecule has 3 saturated heterocycles. The average molecular weight is 505 g/mol. The Bertz CT molecular complexity index is 812. The maximum Gasteiger partial charge on any atom is 0.113 e. The van der Waals surface area contributed by atoms with Crippen molar-refractivity contribution < 1.29 is 28.8 Å². The van der Waals surface area contributed by atoms with E-state index in [2.05, 4.69) is 41.9 Å². The molecule has 3 heterocycles. The largest absolute Gasteiger partial charge is 0.390 e. The first kappa shape index (κ1) is 28.0. The van der Waals surface area contributed by atoms with Crippen LogP contribution in [0.15, 0.2) is 0 Å². The molecular formula is C30H54N3O3+3. The third-order valence-corrected chi connectivity index (χ3v) is 11.2. The predicted molar refractivity (Wildman–Crippen MR) is 145 cm³/mol. The minimum absolute atomic E-state index is 0.264. The SMILES string of the molecule is Cc1c(C[N+]2(C)CCCC2CO)c(C)c(C[N+]2(C)CCCC2CO)c(C)c1C[N+]1(C)CCCC1CO. The summed E-state index contributed by atoms with van der Waals surface area (Å²) >= 11 is 0. The van der Waals surface area contributed by atoms with Crippen LogP contribution in [0.1, 0.15) is 71.9 Å². The Balaban J connectivity index is 1.81. The number of aliphatic hydroxyl groups excluding tert-OH is 3. The molecule has 0 radical (unpaired) electrons. The quantitative estimate of drug-likeness (QED) is 0.453. The van der Waals surface area contributed by atoms with Gasteiger partial charge in [-0.2, -0.15) is 0 Å². The molecule has 6 nitrogen and oxygen atoms in total. The molecule has 36 heavy (non-hydrogen) atoms. The Morgan fingerprint density at radius 1 is 0.528 bits per heavy atom. The third kappa shape index (κ3) is 4.90. The zero-order valence-electron chi connectivity index (χ0n) is 24.0. The van der Waals surface area contributed by atoms with Crippen LogP contribution >= 0.6 is 0 Å². The van der Waals surface area contributed by atoms with E-state index < -0.39 is 0 Å². The normalized spacial score (nSPS) is 36.8. The van der Waals surface area contributed by atoms with Crippen molar-refractivity contribution >= 4 is 0 Å². The van der Waals surface area contributed by atoms with Gasteiger partial charge in [0.05, 0.1) is 60.6 Å². The van der Waals surface area contributed by atoms with Crippen molar-refractivity contribution in [3.8, 4) is 0 Å². The van der Waals surface area contributed by atoms with Crippen molar-refractivity contribution in [2.24, 2.45) is 0 Å². The van der Waals surface area contributed by atoms with Gasteiger partial charge < -0.3 is 28.8 Å². The zero-order chi connectivity index (χ0) is 26.3. The number of nitrogens with zero attached hydrogens (tertiary/aromatic N) is 3. The van der Waals surface area contributed by atoms with E-state index in [4.69, 9.17) is 0 Å². The maximum atomic E-state index is 10.2. The first-order chi connectivity index (χ1) is 17.0. The molecule has 6 atom stereocenters. The highest BCUT2D eigenvalue weighted by Crippen LogP contribution is 2.38. The minimum Gasteiger partial charge on any atom is -0.390 e. The summed E-state index contributed by atoms with van der Waals surface area (Å²) in [4.78, 5) is 0. The molecule has 1 aromatic rings. The number of hydrogen-bond acceptors (Lipinski definition) is 3. The van der Waals surface area contributed by atoms with E-state index in [0.717, 1.165) is 72.0 Å². The molecule has 1 aromatic carbocycles. The molecule has 0 amide bonds. The molecule has 4 rings (SSSR count). The molecule has 6 unspecified atom stereocenters. The molecule has 3 aliphatic rings. The van der Waals surface area contributed by atoms with Crippen LogP contribution in [0.25, 0.3) is 0 Å². The van der Waals surface area contributed by atoms with E-state index in [1.54, 1.807) is 0 Å². The Kier molecular flexibility index (Phi) is 8.26. The van der Waals surface area contributed by atoms with Gasteiger partial charge in [-0.3, -0.25) is 0 Å². The van der Waals surface area contributed by atoms with Gasteiger partial charge >= 0.3 is 0 Å². The van der Waals surface area contributed by atoms with Crippen molar-refractivity contribution in [1.82, 2.24) is 0 Å². The number of hydrogen-bond donors (Lipinski definition) is 3. The van der Waals surface area contributed by atoms with Crippen LogP contribution in [0, 0.1) is 20.8 Å². The average Bonchev–Trinajstić information content (AvgIpc) is 3.53. The fourth-order valence-electron chi connectivity index (χ4n) is 8.22. The smallest absolute Gasteiger partial charge is 0.113 e. The van der Waals surface area contributed by atoms with Gasteiger partial charge in [0.2, 0.25) is 0 Å². The number of quaternary nitrogens is 3. The van der Waals surface area contributed by atoms with Gasteiger partial charge in [-0.25, -0.2) is 0 Å². The molecule has 6 heteroatoms. The summed E-state index contributed by atoms with van der Waals surface area (Å²) in [7, 11) is 7.04. The van der Waals surface area contributed by atoms with Crippen molar-refractivity contribution in [3.05, 3.63) is 33.4 Å². The van der Waals surface area contributed by atoms with Gasteiger partial charge in [0.25, 0.3) is 0 Å². The zero-order valence-corrected chi connectivity index (χ0v) is 24.0. The van der Waals surface area contributed by atoms with E-state index in [1.165, 1.54) is 52.6 Å². The highest BCUT2D eigenvalue weighted by molar-refractivity contribution is 5.50. The number of likely N-dealkylation sites (tertiary alicyclic amines) is 3. The first-order valence-corrected chi connectivity index (χ1v) is 14.5. The van der Waals surface area contributed by atoms with Crippen molar-refractivity contribution in [1.29, 1.82) is 0 Å². The lowest BCUT2D eigenvalue weighted by atomic mass is 9.86. The predicted octanol–water partition coefficient (Wildman–Crippen LogP) is 2.92. The third-order valence-electron chi connectivity index (χ3n) is 11.2. The Labute approximate surface area is 219 Å². The van der Waals surface area contributed by atoms with Crippen molar-refractivity contribution in [2.75, 3.05) is 60.6 Å². The molecular weight excluding hydrogens is 450 g/mol. The molecule has 0 saturated carbocycles. The van der Waals surface area contributed by atoms with E-state index in [1.807, 2.05) is 0 Å². The van der Waals surface area contributed by atoms with Gasteiger partial charge in [-0.1, -0.05) is 0 Å². The number of rotatable bonds is 9. The molecule has 3 fully saturated rings. The molecule has 0 aliphatic carbocycles. The van der Waals surface area contributed by atoms with E-state index >= 15 is 0 Å². The van der Waals surface area contributed by atoms with E-state index in [-0.39, 0.29) is 19.8 Å². The molecule has 0 aromatic heterocycles. The second-order valence-electron chi connectivity index (χ2n) is 13.3. The van der Waals surface area contributed by atoms with Gasteiger partial charge in [-0.15, -0.1) is 0 Å². The van der Waals surface area contributed by atoms with Crippen LogP contribution in [0.2, 0.25) is 0 Å². The van der Waals surface area contributed by atoms with Crippen LogP contribution in [0.4, 0.5) is 0 Å². The van der Waals surface area contributed by atoms with Gasteiger partial charge in [0.1, 0.15) is 37.8 Å². The Hall–Kier alpha value is -1.02. The standard InChI is InChI=1S/C30H54N3O3/c1-22-28(16-31(4)13-7-10-25(31)19-34)23(2)30(18-33(6)15-9-12-27(33)21-36)24(3)29(22)17-32(5)14-8-11-26(32)20-35/h25-27,34-36H,7-21H2,1-6H3/q+3. The summed E-state index contributed by atoms with van der Waals surface area (Å²) in [6, 6.07) is 0.961. The lowest BCUT2D eigenvalue weighted by Crippen LogP contribution is -2.51. The van der Waals surface area contributed by atoms with Crippen LogP contribution in [0.3, 0.4) is 0 Å². The summed E-state index contributed by atoms with van der Waals surface area (Å²) in [6.45, 7) is 14.1. The number of likely N-dealkylation sites (N-methyl/N-ethyl adjacent to an activating group) is 3. The second kappa shape index (κ2) is 10.6. The van der Waals surface area contributed by atoms with Crippen molar-refractivity contribution in [3.63, 3.8) is 0 Å². The highest BCUT2D eigenvalue weighted by Gasteiger charge is 2.43. The van der Waals surface area contributed by atoms with E-state index in [0.29, 0.717) is 18.1 Å². The lowest BCUT2D eigenvalue weighted by Gasteiger charge is -2.40. The van der Waals surface area contributed by atoms with Gasteiger partial charge in [0.15, 0.2) is 0 Å². The van der Waals surface area contributed by atoms with Crippen LogP contribution in [-0.2, 0) is 19.6 Å². The molecule has 3 aliphatic heterocycles.